The summed E-state index contributed by atoms with van der Waals surface area (Å²) in [5.74, 6) is 0.342. The smallest absolute Gasteiger partial charge is 0.240 e. The van der Waals surface area contributed by atoms with Crippen LogP contribution in [0, 0.1) is 0 Å². The number of rotatable bonds is 3. The number of likely N-dealkylation sites (tertiary alicyclic amines) is 1. The highest BCUT2D eigenvalue weighted by Crippen LogP contribution is 2.22. The standard InChI is InChI=1S/C14H21N3OS/c18-14(16-7-4-15-5-8-16)13-2-1-6-17(13)10-12-3-9-19-11-12/h3,9,11,13,15H,1-2,4-8,10H2. The second-order valence-corrected chi connectivity index (χ2v) is 6.12. The molecule has 1 aromatic heterocycles. The molecule has 5 heteroatoms. The Morgan fingerprint density at radius 2 is 2.21 bits per heavy atom. The van der Waals surface area contributed by atoms with Gasteiger partial charge in [0.1, 0.15) is 0 Å². The summed E-state index contributed by atoms with van der Waals surface area (Å²) in [7, 11) is 0. The first-order valence-electron chi connectivity index (χ1n) is 7.09. The van der Waals surface area contributed by atoms with Crippen molar-refractivity contribution in [1.29, 1.82) is 0 Å². The van der Waals surface area contributed by atoms with E-state index < -0.39 is 0 Å². The topological polar surface area (TPSA) is 35.6 Å². The molecule has 3 rings (SSSR count). The first kappa shape index (κ1) is 13.1. The molecule has 3 heterocycles. The molecular weight excluding hydrogens is 258 g/mol. The minimum atomic E-state index is 0.109. The second kappa shape index (κ2) is 6.03. The third-order valence-electron chi connectivity index (χ3n) is 4.04. The van der Waals surface area contributed by atoms with E-state index in [0.29, 0.717) is 5.91 Å². The van der Waals surface area contributed by atoms with Crippen molar-refractivity contribution in [1.82, 2.24) is 15.1 Å². The van der Waals surface area contributed by atoms with Crippen molar-refractivity contribution in [2.24, 2.45) is 0 Å². The normalized spacial score (nSPS) is 24.8. The molecule has 1 unspecified atom stereocenters. The number of nitrogens with one attached hydrogen (secondary N) is 1. The number of hydrogen-bond acceptors (Lipinski definition) is 4. The van der Waals surface area contributed by atoms with Crippen molar-refractivity contribution in [3.63, 3.8) is 0 Å². The molecule has 0 saturated carbocycles. The van der Waals surface area contributed by atoms with Crippen LogP contribution in [0.15, 0.2) is 16.8 Å². The summed E-state index contributed by atoms with van der Waals surface area (Å²) in [5, 5.41) is 7.60. The molecule has 1 amide bonds. The molecule has 0 aromatic carbocycles. The third kappa shape index (κ3) is 2.99. The van der Waals surface area contributed by atoms with Gasteiger partial charge in [0.15, 0.2) is 0 Å². The van der Waals surface area contributed by atoms with E-state index in [0.717, 1.165) is 52.1 Å². The maximum absolute atomic E-state index is 12.6. The van der Waals surface area contributed by atoms with Crippen molar-refractivity contribution < 1.29 is 4.79 Å². The van der Waals surface area contributed by atoms with Gasteiger partial charge in [-0.2, -0.15) is 11.3 Å². The molecule has 1 N–H and O–H groups in total. The summed E-state index contributed by atoms with van der Waals surface area (Å²) in [6.07, 6.45) is 2.17. The first-order valence-corrected chi connectivity index (χ1v) is 8.03. The largest absolute Gasteiger partial charge is 0.339 e. The Balaban J connectivity index is 1.63. The van der Waals surface area contributed by atoms with Crippen LogP contribution >= 0.6 is 11.3 Å². The Kier molecular flexibility index (Phi) is 4.15. The number of thiophene rings is 1. The van der Waals surface area contributed by atoms with Crippen LogP contribution in [0.3, 0.4) is 0 Å². The van der Waals surface area contributed by atoms with Crippen LogP contribution in [0.5, 0.6) is 0 Å². The van der Waals surface area contributed by atoms with E-state index in [1.807, 2.05) is 4.90 Å². The Morgan fingerprint density at radius 3 is 2.95 bits per heavy atom. The lowest BCUT2D eigenvalue weighted by Gasteiger charge is -2.32. The zero-order valence-corrected chi connectivity index (χ0v) is 12.0. The van der Waals surface area contributed by atoms with Crippen LogP contribution in [0.2, 0.25) is 0 Å². The minimum Gasteiger partial charge on any atom is -0.339 e. The van der Waals surface area contributed by atoms with Crippen LogP contribution in [0.25, 0.3) is 0 Å². The van der Waals surface area contributed by atoms with Gasteiger partial charge < -0.3 is 10.2 Å². The fraction of sp³-hybridized carbons (Fsp3) is 0.643. The average Bonchev–Trinajstić information content (AvgIpc) is 3.11. The molecule has 0 bridgehead atoms. The van der Waals surface area contributed by atoms with Crippen LogP contribution in [0.4, 0.5) is 0 Å². The number of hydrogen-bond donors (Lipinski definition) is 1. The molecule has 1 atom stereocenters. The summed E-state index contributed by atoms with van der Waals surface area (Å²) in [6, 6.07) is 2.27. The number of nitrogens with zero attached hydrogens (tertiary/aromatic N) is 2. The Hall–Kier alpha value is -0.910. The van der Waals surface area contributed by atoms with Crippen molar-refractivity contribution in [2.75, 3.05) is 32.7 Å². The maximum Gasteiger partial charge on any atom is 0.240 e. The molecule has 2 fully saturated rings. The molecule has 19 heavy (non-hydrogen) atoms. The van der Waals surface area contributed by atoms with E-state index in [1.54, 1.807) is 11.3 Å². The Morgan fingerprint density at radius 1 is 1.37 bits per heavy atom. The quantitative estimate of drug-likeness (QED) is 0.901. The third-order valence-corrected chi connectivity index (χ3v) is 4.78. The molecule has 0 spiro atoms. The monoisotopic (exact) mass is 279 g/mol. The van der Waals surface area contributed by atoms with Gasteiger partial charge in [-0.05, 0) is 41.8 Å². The van der Waals surface area contributed by atoms with E-state index in [2.05, 4.69) is 27.0 Å². The SMILES string of the molecule is O=C(C1CCCN1Cc1ccsc1)N1CCNCC1. The molecule has 1 aromatic rings. The second-order valence-electron chi connectivity index (χ2n) is 5.34. The highest BCUT2D eigenvalue weighted by Gasteiger charge is 2.33. The van der Waals surface area contributed by atoms with Gasteiger partial charge in [-0.25, -0.2) is 0 Å². The van der Waals surface area contributed by atoms with Gasteiger partial charge in [-0.3, -0.25) is 9.69 Å². The van der Waals surface area contributed by atoms with Crippen LogP contribution in [0.1, 0.15) is 18.4 Å². The van der Waals surface area contributed by atoms with E-state index in [-0.39, 0.29) is 6.04 Å². The maximum atomic E-state index is 12.6. The van der Waals surface area contributed by atoms with Crippen molar-refractivity contribution in [3.05, 3.63) is 22.4 Å². The zero-order valence-electron chi connectivity index (χ0n) is 11.2. The summed E-state index contributed by atoms with van der Waals surface area (Å²) >= 11 is 1.73. The fourth-order valence-corrected chi connectivity index (χ4v) is 3.67. The van der Waals surface area contributed by atoms with E-state index in [4.69, 9.17) is 0 Å². The molecule has 2 saturated heterocycles. The highest BCUT2D eigenvalue weighted by molar-refractivity contribution is 7.07. The van der Waals surface area contributed by atoms with Gasteiger partial charge in [0.25, 0.3) is 0 Å². The van der Waals surface area contributed by atoms with Gasteiger partial charge in [-0.1, -0.05) is 0 Å². The summed E-state index contributed by atoms with van der Waals surface area (Å²) < 4.78 is 0. The van der Waals surface area contributed by atoms with Gasteiger partial charge in [-0.15, -0.1) is 0 Å². The summed E-state index contributed by atoms with van der Waals surface area (Å²) in [5.41, 5.74) is 1.34. The Labute approximate surface area is 118 Å². The number of amides is 1. The van der Waals surface area contributed by atoms with Crippen molar-refractivity contribution in [3.8, 4) is 0 Å². The Bertz CT molecular complexity index is 414. The predicted molar refractivity (Wildman–Crippen MR) is 77.2 cm³/mol. The highest BCUT2D eigenvalue weighted by atomic mass is 32.1. The molecule has 104 valence electrons. The lowest BCUT2D eigenvalue weighted by atomic mass is 10.1. The predicted octanol–water partition coefficient (Wildman–Crippen LogP) is 1.14. The molecule has 4 nitrogen and oxygen atoms in total. The molecular formula is C14H21N3OS. The molecule has 0 radical (unpaired) electrons. The number of piperazine rings is 1. The average molecular weight is 279 g/mol. The van der Waals surface area contributed by atoms with Crippen molar-refractivity contribution in [2.45, 2.75) is 25.4 Å². The van der Waals surface area contributed by atoms with Crippen LogP contribution < -0.4 is 5.32 Å². The summed E-state index contributed by atoms with van der Waals surface area (Å²) in [4.78, 5) is 17.0. The van der Waals surface area contributed by atoms with Gasteiger partial charge in [0.05, 0.1) is 6.04 Å². The van der Waals surface area contributed by atoms with Gasteiger partial charge in [0, 0.05) is 32.7 Å². The lowest BCUT2D eigenvalue weighted by molar-refractivity contribution is -0.136. The number of carbonyl (C=O) groups is 1. The van der Waals surface area contributed by atoms with Crippen LogP contribution in [-0.2, 0) is 11.3 Å². The number of carbonyl (C=O) groups excluding carboxylic acids is 1. The molecule has 2 aliphatic heterocycles. The molecule has 2 aliphatic rings. The van der Waals surface area contributed by atoms with Gasteiger partial charge in [0.2, 0.25) is 5.91 Å². The summed E-state index contributed by atoms with van der Waals surface area (Å²) in [6.45, 7) is 5.57. The fourth-order valence-electron chi connectivity index (χ4n) is 3.01. The van der Waals surface area contributed by atoms with Gasteiger partial charge >= 0.3 is 0 Å². The van der Waals surface area contributed by atoms with Crippen LogP contribution in [-0.4, -0.2) is 54.5 Å². The molecule has 0 aliphatic carbocycles. The van der Waals surface area contributed by atoms with E-state index >= 15 is 0 Å². The van der Waals surface area contributed by atoms with Crippen molar-refractivity contribution >= 4 is 17.2 Å². The zero-order chi connectivity index (χ0) is 13.1. The first-order chi connectivity index (χ1) is 9.34. The lowest BCUT2D eigenvalue weighted by Crippen LogP contribution is -2.52. The van der Waals surface area contributed by atoms with E-state index in [9.17, 15) is 4.79 Å². The van der Waals surface area contributed by atoms with E-state index in [1.165, 1.54) is 5.56 Å². The minimum absolute atomic E-state index is 0.109.